The summed E-state index contributed by atoms with van der Waals surface area (Å²) in [6.45, 7) is 3.31. The van der Waals surface area contributed by atoms with Gasteiger partial charge in [-0.2, -0.15) is 8.42 Å². The normalized spacial score (nSPS) is 34.4. The molecule has 3 fully saturated rings. The quantitative estimate of drug-likeness (QED) is 0.480. The standard InChI is InChI=1S/C20H18N2O8S/c1-9-10(2)18(24)21(17(9)23)11-3-5-12(6-4-11)31(27,28)30-22-19(25)15-13-7-8-14(29-13)16(15)20(22)26/h3-10,13-16H,1-2H3. The first kappa shape index (κ1) is 20.0. The van der Waals surface area contributed by atoms with Crippen molar-refractivity contribution in [1.82, 2.24) is 5.06 Å². The zero-order chi connectivity index (χ0) is 22.2. The van der Waals surface area contributed by atoms with Crippen LogP contribution in [-0.4, -0.2) is 49.3 Å². The Morgan fingerprint density at radius 2 is 1.29 bits per heavy atom. The first-order valence-corrected chi connectivity index (χ1v) is 11.2. The minimum atomic E-state index is -4.51. The lowest BCUT2D eigenvalue weighted by molar-refractivity contribution is -0.168. The number of hydroxylamine groups is 2. The van der Waals surface area contributed by atoms with E-state index in [0.29, 0.717) is 5.06 Å². The molecule has 0 N–H and O–H groups in total. The van der Waals surface area contributed by atoms with Crippen LogP contribution in [0.25, 0.3) is 0 Å². The van der Waals surface area contributed by atoms with Crippen LogP contribution in [0.5, 0.6) is 0 Å². The molecule has 0 aliphatic carbocycles. The predicted molar refractivity (Wildman–Crippen MR) is 102 cm³/mol. The Bertz CT molecular complexity index is 1110. The first-order valence-electron chi connectivity index (χ1n) is 9.76. The molecule has 1 aromatic carbocycles. The lowest BCUT2D eigenvalue weighted by Crippen LogP contribution is -2.36. The Morgan fingerprint density at radius 3 is 1.77 bits per heavy atom. The van der Waals surface area contributed by atoms with Crippen molar-refractivity contribution in [2.24, 2.45) is 23.7 Å². The van der Waals surface area contributed by atoms with Crippen molar-refractivity contribution < 1.29 is 36.6 Å². The summed E-state index contributed by atoms with van der Waals surface area (Å²) >= 11 is 0. The Labute approximate surface area is 177 Å². The number of imide groups is 2. The molecule has 11 heteroatoms. The molecule has 0 radical (unpaired) electrons. The van der Waals surface area contributed by atoms with Crippen LogP contribution in [0, 0.1) is 23.7 Å². The molecule has 31 heavy (non-hydrogen) atoms. The van der Waals surface area contributed by atoms with Gasteiger partial charge in [-0.05, 0) is 24.3 Å². The average molecular weight is 446 g/mol. The van der Waals surface area contributed by atoms with E-state index in [9.17, 15) is 27.6 Å². The Morgan fingerprint density at radius 1 is 0.806 bits per heavy atom. The lowest BCUT2D eigenvalue weighted by atomic mass is 9.85. The monoisotopic (exact) mass is 446 g/mol. The average Bonchev–Trinajstić information content (AvgIpc) is 3.46. The number of carbonyl (C=O) groups is 4. The molecule has 6 unspecified atom stereocenters. The van der Waals surface area contributed by atoms with E-state index in [-0.39, 0.29) is 22.4 Å². The maximum Gasteiger partial charge on any atom is 0.318 e. The number of nitrogens with zero attached hydrogens (tertiary/aromatic N) is 2. The number of amides is 4. The third kappa shape index (κ3) is 2.73. The fourth-order valence-corrected chi connectivity index (χ4v) is 5.35. The van der Waals surface area contributed by atoms with E-state index in [1.54, 1.807) is 26.0 Å². The van der Waals surface area contributed by atoms with Crippen molar-refractivity contribution in [3.8, 4) is 0 Å². The summed E-state index contributed by atoms with van der Waals surface area (Å²) < 4.78 is 35.7. The van der Waals surface area contributed by atoms with Crippen LogP contribution in [0.3, 0.4) is 0 Å². The van der Waals surface area contributed by atoms with Gasteiger partial charge in [0.25, 0.3) is 11.8 Å². The SMILES string of the molecule is CC1C(=O)N(c2ccc(S(=O)(=O)ON3C(=O)C4C5C=CC(O5)C4C3=O)cc2)C(=O)C1C. The van der Waals surface area contributed by atoms with Gasteiger partial charge in [-0.3, -0.25) is 24.1 Å². The Balaban J connectivity index is 1.36. The number of ether oxygens (including phenoxy) is 1. The minimum Gasteiger partial charge on any atom is -0.365 e. The van der Waals surface area contributed by atoms with Crippen molar-refractivity contribution in [3.05, 3.63) is 36.4 Å². The molecule has 2 bridgehead atoms. The summed E-state index contributed by atoms with van der Waals surface area (Å²) in [6.07, 6.45) is 2.22. The maximum atomic E-state index is 12.7. The van der Waals surface area contributed by atoms with Gasteiger partial charge < -0.3 is 4.74 Å². The van der Waals surface area contributed by atoms with Crippen molar-refractivity contribution >= 4 is 39.4 Å². The van der Waals surface area contributed by atoms with Crippen LogP contribution in [0.15, 0.2) is 41.3 Å². The summed E-state index contributed by atoms with van der Waals surface area (Å²) in [5.41, 5.74) is 0.229. The molecular formula is C20H18N2O8S. The largest absolute Gasteiger partial charge is 0.365 e. The molecule has 0 saturated carbocycles. The highest BCUT2D eigenvalue weighted by Gasteiger charge is 2.62. The van der Waals surface area contributed by atoms with E-state index in [1.165, 1.54) is 12.1 Å². The minimum absolute atomic E-state index is 0.229. The van der Waals surface area contributed by atoms with Crippen molar-refractivity contribution in [1.29, 1.82) is 0 Å². The first-order chi connectivity index (χ1) is 14.6. The van der Waals surface area contributed by atoms with Gasteiger partial charge in [-0.25, -0.2) is 0 Å². The van der Waals surface area contributed by atoms with Crippen molar-refractivity contribution in [2.45, 2.75) is 31.0 Å². The van der Waals surface area contributed by atoms with Gasteiger partial charge in [0.05, 0.1) is 34.6 Å². The smallest absolute Gasteiger partial charge is 0.318 e. The van der Waals surface area contributed by atoms with Gasteiger partial charge in [0.15, 0.2) is 0 Å². The van der Waals surface area contributed by atoms with Crippen LogP contribution >= 0.6 is 0 Å². The lowest BCUT2D eigenvalue weighted by Gasteiger charge is -2.17. The highest BCUT2D eigenvalue weighted by Crippen LogP contribution is 2.45. The number of rotatable bonds is 4. The zero-order valence-electron chi connectivity index (χ0n) is 16.5. The van der Waals surface area contributed by atoms with Gasteiger partial charge in [-0.15, -0.1) is 9.35 Å². The van der Waals surface area contributed by atoms with E-state index in [0.717, 1.165) is 17.0 Å². The second-order valence-corrected chi connectivity index (χ2v) is 9.61. The Kier molecular flexibility index (Phi) is 4.24. The second kappa shape index (κ2) is 6.55. The fourth-order valence-electron chi connectivity index (χ4n) is 4.45. The molecule has 4 amide bonds. The van der Waals surface area contributed by atoms with Crippen LogP contribution in [0.2, 0.25) is 0 Å². The molecule has 6 atom stereocenters. The van der Waals surface area contributed by atoms with E-state index in [1.807, 2.05) is 0 Å². The molecule has 0 aromatic heterocycles. The molecule has 0 spiro atoms. The number of fused-ring (bicyclic) bond motifs is 5. The second-order valence-electron chi connectivity index (χ2n) is 8.08. The molecule has 5 rings (SSSR count). The van der Waals surface area contributed by atoms with Gasteiger partial charge in [0.1, 0.15) is 0 Å². The summed E-state index contributed by atoms with van der Waals surface area (Å²) in [6, 6.07) is 4.91. The molecule has 1 aromatic rings. The van der Waals surface area contributed by atoms with Crippen LogP contribution in [0.1, 0.15) is 13.8 Å². The van der Waals surface area contributed by atoms with Crippen LogP contribution < -0.4 is 4.90 Å². The van der Waals surface area contributed by atoms with Gasteiger partial charge in [0.2, 0.25) is 11.8 Å². The highest BCUT2D eigenvalue weighted by molar-refractivity contribution is 7.86. The van der Waals surface area contributed by atoms with Crippen molar-refractivity contribution in [2.75, 3.05) is 4.90 Å². The van der Waals surface area contributed by atoms with Gasteiger partial charge >= 0.3 is 10.1 Å². The number of hydrogen-bond acceptors (Lipinski definition) is 8. The molecule has 4 heterocycles. The van der Waals surface area contributed by atoms with Crippen LogP contribution in [-0.2, 0) is 38.3 Å². The number of carbonyl (C=O) groups excluding carboxylic acids is 4. The van der Waals surface area contributed by atoms with E-state index in [2.05, 4.69) is 0 Å². The van der Waals surface area contributed by atoms with E-state index >= 15 is 0 Å². The van der Waals surface area contributed by atoms with E-state index < -0.39 is 57.8 Å². The summed E-state index contributed by atoms with van der Waals surface area (Å²) in [7, 11) is -4.51. The predicted octanol–water partition coefficient (Wildman–Crippen LogP) is 0.391. The summed E-state index contributed by atoms with van der Waals surface area (Å²) in [4.78, 5) is 50.5. The molecule has 10 nitrogen and oxygen atoms in total. The fraction of sp³-hybridized carbons (Fsp3) is 0.400. The summed E-state index contributed by atoms with van der Waals surface area (Å²) in [5.74, 6) is -4.79. The maximum absolute atomic E-state index is 12.7. The molecule has 3 saturated heterocycles. The molecule has 4 aliphatic heterocycles. The zero-order valence-corrected chi connectivity index (χ0v) is 17.3. The number of hydrogen-bond donors (Lipinski definition) is 0. The number of anilines is 1. The van der Waals surface area contributed by atoms with Crippen LogP contribution in [0.4, 0.5) is 5.69 Å². The van der Waals surface area contributed by atoms with Gasteiger partial charge in [-0.1, -0.05) is 26.0 Å². The Hall–Kier alpha value is -2.89. The highest BCUT2D eigenvalue weighted by atomic mass is 32.2. The van der Waals surface area contributed by atoms with Crippen molar-refractivity contribution in [3.63, 3.8) is 0 Å². The molecule has 162 valence electrons. The third-order valence-electron chi connectivity index (χ3n) is 6.40. The number of benzene rings is 1. The molecule has 4 aliphatic rings. The van der Waals surface area contributed by atoms with Gasteiger partial charge in [0, 0.05) is 11.8 Å². The molecular weight excluding hydrogens is 428 g/mol. The van der Waals surface area contributed by atoms with E-state index in [4.69, 9.17) is 9.02 Å². The topological polar surface area (TPSA) is 127 Å². The third-order valence-corrected chi connectivity index (χ3v) is 7.59. The summed E-state index contributed by atoms with van der Waals surface area (Å²) in [5, 5.41) is 0.297.